The highest BCUT2D eigenvalue weighted by Crippen LogP contribution is 2.33. The second kappa shape index (κ2) is 10.2. The van der Waals surface area contributed by atoms with Gasteiger partial charge in [0, 0.05) is 0 Å². The summed E-state index contributed by atoms with van der Waals surface area (Å²) in [5, 5.41) is 29.4. The number of hydrogen-bond acceptors (Lipinski definition) is 5. The third kappa shape index (κ3) is 5.28. The van der Waals surface area contributed by atoms with Crippen molar-refractivity contribution in [2.24, 2.45) is 5.92 Å². The molecule has 1 aromatic heterocycles. The highest BCUT2D eigenvalue weighted by Gasteiger charge is 2.22. The first-order valence-corrected chi connectivity index (χ1v) is 10.0. The molecule has 0 spiro atoms. The molecule has 0 bridgehead atoms. The molecule has 31 heavy (non-hydrogen) atoms. The molecule has 0 aliphatic rings. The smallest absolute Gasteiger partial charge is 0.255 e. The summed E-state index contributed by atoms with van der Waals surface area (Å²) in [5.74, 6) is -0.376. The van der Waals surface area contributed by atoms with Gasteiger partial charge < -0.3 is 20.3 Å². The second-order valence-electron chi connectivity index (χ2n) is 7.44. The van der Waals surface area contributed by atoms with Crippen molar-refractivity contribution in [2.45, 2.75) is 19.9 Å². The lowest BCUT2D eigenvalue weighted by Crippen LogP contribution is -2.41. The Morgan fingerprint density at radius 2 is 1.94 bits per heavy atom. The van der Waals surface area contributed by atoms with E-state index in [0.29, 0.717) is 16.6 Å². The Labute approximate surface area is 179 Å². The molecule has 3 rings (SSSR count). The molecule has 1 heterocycles. The van der Waals surface area contributed by atoms with Crippen molar-refractivity contribution in [3.8, 4) is 5.75 Å². The highest BCUT2D eigenvalue weighted by atomic mass is 19.1. The van der Waals surface area contributed by atoms with E-state index in [1.165, 1.54) is 12.1 Å². The zero-order valence-electron chi connectivity index (χ0n) is 17.4. The number of hydrogen-bond donors (Lipinski definition) is 4. The fraction of sp³-hybridized carbons (Fsp3) is 0.304. The van der Waals surface area contributed by atoms with Gasteiger partial charge >= 0.3 is 0 Å². The van der Waals surface area contributed by atoms with Gasteiger partial charge in [-0.2, -0.15) is 5.10 Å². The number of carbonyl (C=O) groups excluding carboxylic acids is 1. The van der Waals surface area contributed by atoms with Crippen LogP contribution in [0.25, 0.3) is 23.1 Å². The molecule has 2 aromatic carbocycles. The number of aromatic amines is 1. The van der Waals surface area contributed by atoms with Crippen molar-refractivity contribution < 1.29 is 24.1 Å². The van der Waals surface area contributed by atoms with Crippen LogP contribution >= 0.6 is 0 Å². The summed E-state index contributed by atoms with van der Waals surface area (Å²) in [6.45, 7) is 3.40. The summed E-state index contributed by atoms with van der Waals surface area (Å²) in [6, 6.07) is 8.93. The number of aromatic nitrogens is 2. The quantitative estimate of drug-likeness (QED) is 0.420. The van der Waals surface area contributed by atoms with E-state index < -0.39 is 11.9 Å². The van der Waals surface area contributed by atoms with Crippen LogP contribution in [0.2, 0.25) is 0 Å². The summed E-state index contributed by atoms with van der Waals surface area (Å²) in [6.07, 6.45) is 3.55. The maximum absolute atomic E-state index is 13.1. The van der Waals surface area contributed by atoms with Crippen molar-refractivity contribution >= 4 is 29.0 Å². The lowest BCUT2D eigenvalue weighted by molar-refractivity contribution is 0.0891. The zero-order valence-corrected chi connectivity index (χ0v) is 17.4. The minimum Gasteiger partial charge on any atom is -0.490 e. The number of nitrogens with one attached hydrogen (secondary N) is 2. The Kier molecular flexibility index (Phi) is 7.38. The Hall–Kier alpha value is -3.23. The van der Waals surface area contributed by atoms with Crippen LogP contribution in [0.15, 0.2) is 36.4 Å². The van der Waals surface area contributed by atoms with Gasteiger partial charge in [-0.25, -0.2) is 4.39 Å². The number of amides is 1. The van der Waals surface area contributed by atoms with Crippen LogP contribution in [0.3, 0.4) is 0 Å². The standard InChI is InChI=1S/C23H26FN3O4/c1-14(2)20(13-29)25-23(30)17-8-10-19-21(22(17)31-12-11-28)18(26-27-19)9-5-15-3-6-16(24)7-4-15/h3-10,14,20,28-29H,11-13H2,1-2H3,(H,25,30)(H,26,27)/b9-5+/t20-/m1/s1. The first-order chi connectivity index (χ1) is 14.9. The first-order valence-electron chi connectivity index (χ1n) is 10.0. The molecule has 0 aliphatic carbocycles. The summed E-state index contributed by atoms with van der Waals surface area (Å²) in [4.78, 5) is 12.9. The number of aliphatic hydroxyl groups excluding tert-OH is 2. The van der Waals surface area contributed by atoms with Crippen LogP contribution < -0.4 is 10.1 Å². The number of halogens is 1. The molecule has 0 radical (unpaired) electrons. The molecule has 1 amide bonds. The van der Waals surface area contributed by atoms with Crippen molar-refractivity contribution in [3.05, 3.63) is 59.0 Å². The number of nitrogens with zero attached hydrogens (tertiary/aromatic N) is 1. The van der Waals surface area contributed by atoms with Gasteiger partial charge in [0.2, 0.25) is 0 Å². The Morgan fingerprint density at radius 3 is 2.58 bits per heavy atom. The summed E-state index contributed by atoms with van der Waals surface area (Å²) in [5.41, 5.74) is 2.26. The van der Waals surface area contributed by atoms with Crippen LogP contribution in [0.5, 0.6) is 5.75 Å². The number of ether oxygens (including phenoxy) is 1. The van der Waals surface area contributed by atoms with Gasteiger partial charge in [0.1, 0.15) is 18.2 Å². The van der Waals surface area contributed by atoms with Gasteiger partial charge in [-0.05, 0) is 41.8 Å². The summed E-state index contributed by atoms with van der Waals surface area (Å²) < 4.78 is 18.9. The number of aliphatic hydroxyl groups is 2. The number of rotatable bonds is 9. The molecule has 7 nitrogen and oxygen atoms in total. The lowest BCUT2D eigenvalue weighted by Gasteiger charge is -2.21. The second-order valence-corrected chi connectivity index (χ2v) is 7.44. The van der Waals surface area contributed by atoms with Gasteiger partial charge in [0.15, 0.2) is 0 Å². The molecule has 0 saturated heterocycles. The van der Waals surface area contributed by atoms with Gasteiger partial charge in [-0.3, -0.25) is 9.89 Å². The van der Waals surface area contributed by atoms with Crippen LogP contribution in [-0.4, -0.2) is 52.2 Å². The van der Waals surface area contributed by atoms with E-state index in [1.54, 1.807) is 36.4 Å². The highest BCUT2D eigenvalue weighted by molar-refractivity contribution is 6.05. The van der Waals surface area contributed by atoms with Gasteiger partial charge in [-0.1, -0.05) is 32.1 Å². The van der Waals surface area contributed by atoms with E-state index in [9.17, 15) is 19.4 Å². The first kappa shape index (κ1) is 22.5. The summed E-state index contributed by atoms with van der Waals surface area (Å²) in [7, 11) is 0. The van der Waals surface area contributed by atoms with Gasteiger partial charge in [0.25, 0.3) is 5.91 Å². The van der Waals surface area contributed by atoms with Gasteiger partial charge in [-0.15, -0.1) is 0 Å². The van der Waals surface area contributed by atoms with E-state index in [0.717, 1.165) is 5.56 Å². The maximum atomic E-state index is 13.1. The van der Waals surface area contributed by atoms with E-state index in [1.807, 2.05) is 13.8 Å². The molecule has 164 valence electrons. The topological polar surface area (TPSA) is 107 Å². The number of benzene rings is 2. The van der Waals surface area contributed by atoms with E-state index >= 15 is 0 Å². The third-order valence-electron chi connectivity index (χ3n) is 4.91. The minimum absolute atomic E-state index is 0.000696. The fourth-order valence-corrected chi connectivity index (χ4v) is 3.12. The summed E-state index contributed by atoms with van der Waals surface area (Å²) >= 11 is 0. The van der Waals surface area contributed by atoms with Crippen molar-refractivity contribution in [1.29, 1.82) is 0 Å². The normalized spacial score (nSPS) is 12.6. The maximum Gasteiger partial charge on any atom is 0.255 e. The Balaban J connectivity index is 2.02. The largest absolute Gasteiger partial charge is 0.490 e. The molecular formula is C23H26FN3O4. The molecule has 0 saturated carbocycles. The van der Waals surface area contributed by atoms with Crippen LogP contribution in [0.1, 0.15) is 35.5 Å². The van der Waals surface area contributed by atoms with Crippen molar-refractivity contribution in [3.63, 3.8) is 0 Å². The molecule has 1 atom stereocenters. The number of H-pyrrole nitrogens is 1. The Morgan fingerprint density at radius 1 is 1.19 bits per heavy atom. The molecule has 0 fully saturated rings. The van der Waals surface area contributed by atoms with Crippen LogP contribution in [0, 0.1) is 11.7 Å². The Bertz CT molecular complexity index is 1060. The minimum atomic E-state index is -0.406. The molecule has 0 unspecified atom stereocenters. The predicted octanol–water partition coefficient (Wildman–Crippen LogP) is 2.99. The van der Waals surface area contributed by atoms with Crippen molar-refractivity contribution in [1.82, 2.24) is 15.5 Å². The SMILES string of the molecule is CC(C)[C@@H](CO)NC(=O)c1ccc2n[nH]c(/C=C/c3ccc(F)cc3)c2c1OCCO. The lowest BCUT2D eigenvalue weighted by atomic mass is 10.0. The van der Waals surface area contributed by atoms with Crippen LogP contribution in [0.4, 0.5) is 4.39 Å². The molecular weight excluding hydrogens is 401 g/mol. The molecule has 3 aromatic rings. The van der Waals surface area contributed by atoms with E-state index in [-0.39, 0.29) is 42.9 Å². The zero-order chi connectivity index (χ0) is 22.4. The average molecular weight is 427 g/mol. The third-order valence-corrected chi connectivity index (χ3v) is 4.91. The van der Waals surface area contributed by atoms with E-state index in [4.69, 9.17) is 4.74 Å². The predicted molar refractivity (Wildman–Crippen MR) is 117 cm³/mol. The average Bonchev–Trinajstić information content (AvgIpc) is 3.18. The molecule has 8 heteroatoms. The molecule has 0 aliphatic heterocycles. The number of carbonyl (C=O) groups is 1. The monoisotopic (exact) mass is 427 g/mol. The number of fused-ring (bicyclic) bond motifs is 1. The van der Waals surface area contributed by atoms with Crippen molar-refractivity contribution in [2.75, 3.05) is 19.8 Å². The fourth-order valence-electron chi connectivity index (χ4n) is 3.12. The van der Waals surface area contributed by atoms with Gasteiger partial charge in [0.05, 0.1) is 41.4 Å². The van der Waals surface area contributed by atoms with Crippen LogP contribution in [-0.2, 0) is 0 Å². The molecule has 4 N–H and O–H groups in total. The van der Waals surface area contributed by atoms with E-state index in [2.05, 4.69) is 15.5 Å².